The van der Waals surface area contributed by atoms with Crippen molar-refractivity contribution in [2.75, 3.05) is 44.5 Å². The zero-order chi connectivity index (χ0) is 28.1. The molecule has 4 aliphatic rings. The Morgan fingerprint density at radius 2 is 1.98 bits per heavy atom. The molecule has 9 nitrogen and oxygen atoms in total. The maximum Gasteiger partial charge on any atom is 0.462 e. The first-order chi connectivity index (χ1) is 19.3. The Hall–Kier alpha value is -2.66. The summed E-state index contributed by atoms with van der Waals surface area (Å²) in [6, 6.07) is 7.96. The summed E-state index contributed by atoms with van der Waals surface area (Å²) in [6.45, 7) is 3.75. The molecule has 2 saturated heterocycles. The number of nitrogens with one attached hydrogen (secondary N) is 1. The van der Waals surface area contributed by atoms with Crippen molar-refractivity contribution in [3.8, 4) is 0 Å². The van der Waals surface area contributed by atoms with Crippen LogP contribution in [0.1, 0.15) is 44.1 Å². The molecule has 1 aromatic rings. The molecule has 0 aromatic heterocycles. The Balaban J connectivity index is 1.22. The quantitative estimate of drug-likeness (QED) is 0.501. The van der Waals surface area contributed by atoms with Crippen molar-refractivity contribution in [3.05, 3.63) is 40.6 Å². The molecule has 1 aliphatic carbocycles. The lowest BCUT2D eigenvalue weighted by Crippen LogP contribution is -2.51. The first-order valence-corrected chi connectivity index (χ1v) is 14.4. The molecule has 3 aliphatic heterocycles. The summed E-state index contributed by atoms with van der Waals surface area (Å²) in [7, 11) is 0. The fourth-order valence-electron chi connectivity index (χ4n) is 5.60. The zero-order valence-corrected chi connectivity index (χ0v) is 23.6. The van der Waals surface area contributed by atoms with Crippen molar-refractivity contribution in [3.63, 3.8) is 0 Å². The average Bonchev–Trinajstić information content (AvgIpc) is 2.98. The van der Waals surface area contributed by atoms with Gasteiger partial charge in [0.25, 0.3) is 5.91 Å². The summed E-state index contributed by atoms with van der Waals surface area (Å²) in [5.74, 6) is -0.444. The maximum absolute atomic E-state index is 14.9. The number of rotatable bonds is 7. The molecule has 0 spiro atoms. The maximum atomic E-state index is 14.9. The van der Waals surface area contributed by atoms with Gasteiger partial charge in [0.1, 0.15) is 6.21 Å². The molecule has 0 bridgehead atoms. The van der Waals surface area contributed by atoms with E-state index in [2.05, 4.69) is 10.4 Å². The topological polar surface area (TPSA) is 92.5 Å². The van der Waals surface area contributed by atoms with E-state index < -0.39 is 17.7 Å². The van der Waals surface area contributed by atoms with Crippen molar-refractivity contribution in [2.24, 2.45) is 11.0 Å². The number of carbonyl (C=O) groups excluding carboxylic acids is 2. The third kappa shape index (κ3) is 6.79. The minimum Gasteiger partial charge on any atom is -0.379 e. The standard InChI is InChI=1S/C29H36ClFN4O5/c1-20-3-7-22(8-4-20)35(27(36)25-17-38-13-14-40-25)23-9-5-21(6-10-23)16-34-28(37)26(30)24(15-33-34)32-18-29(31)11-2-12-39-19-29/h3-4,7-8,15-16,21,23,25H,2,5-6,9-14,17-19H2,1H3/p+1/b34-16+/t21?,23?,25-,29+/m1/s1. The van der Waals surface area contributed by atoms with Crippen LogP contribution >= 0.6 is 11.6 Å². The molecule has 1 N–H and O–H groups in total. The molecular weight excluding hydrogens is 539 g/mol. The third-order valence-corrected chi connectivity index (χ3v) is 8.28. The predicted octanol–water partition coefficient (Wildman–Crippen LogP) is 3.47. The Bertz CT molecular complexity index is 1170. The van der Waals surface area contributed by atoms with Gasteiger partial charge in [0.15, 0.2) is 23.0 Å². The van der Waals surface area contributed by atoms with Crippen LogP contribution in [-0.4, -0.2) is 86.3 Å². The second-order valence-electron chi connectivity index (χ2n) is 11.0. The second-order valence-corrected chi connectivity index (χ2v) is 11.4. The molecule has 2 amide bonds. The Morgan fingerprint density at radius 3 is 2.65 bits per heavy atom. The van der Waals surface area contributed by atoms with Crippen molar-refractivity contribution in [1.82, 2.24) is 5.32 Å². The van der Waals surface area contributed by atoms with E-state index in [0.717, 1.165) is 36.9 Å². The van der Waals surface area contributed by atoms with Gasteiger partial charge < -0.3 is 24.4 Å². The number of carbonyl (C=O) groups is 2. The molecule has 1 saturated carbocycles. The van der Waals surface area contributed by atoms with Gasteiger partial charge in [0.05, 0.1) is 38.7 Å². The summed E-state index contributed by atoms with van der Waals surface area (Å²) in [6.07, 6.45) is 6.77. The third-order valence-electron chi connectivity index (χ3n) is 7.91. The molecule has 3 fully saturated rings. The molecular formula is C29H37ClFN4O5+. The second kappa shape index (κ2) is 12.9. The number of anilines is 1. The summed E-state index contributed by atoms with van der Waals surface area (Å²) in [5, 5.41) is 7.19. The number of hydrogen-bond donors (Lipinski definition) is 1. The van der Waals surface area contributed by atoms with Crippen LogP contribution in [-0.2, 0) is 23.8 Å². The van der Waals surface area contributed by atoms with Crippen LogP contribution in [0.15, 0.2) is 40.1 Å². The Kier molecular flexibility index (Phi) is 9.30. The lowest BCUT2D eigenvalue weighted by Gasteiger charge is -2.38. The van der Waals surface area contributed by atoms with Crippen LogP contribution < -0.4 is 10.2 Å². The van der Waals surface area contributed by atoms with Crippen LogP contribution in [0.3, 0.4) is 0 Å². The molecule has 2 atom stereocenters. The lowest BCUT2D eigenvalue weighted by molar-refractivity contribution is -0.447. The fraction of sp³-hybridized carbons (Fsp3) is 0.586. The highest BCUT2D eigenvalue weighted by molar-refractivity contribution is 6.42. The van der Waals surface area contributed by atoms with Crippen molar-refractivity contribution < 1.29 is 32.9 Å². The van der Waals surface area contributed by atoms with Gasteiger partial charge in [0, 0.05) is 29.4 Å². The highest BCUT2D eigenvalue weighted by Gasteiger charge is 2.38. The molecule has 11 heteroatoms. The van der Waals surface area contributed by atoms with Gasteiger partial charge >= 0.3 is 5.91 Å². The number of nitrogens with zero attached hydrogens (tertiary/aromatic N) is 3. The SMILES string of the molecule is Cc1ccc(N(C(=O)[C@H]2COCCO2)C2CCC(/C=[N+]3/N=CC(NC[C@@]4(F)CCCOC4)=C(Cl)C3=O)CC2)cc1. The van der Waals surface area contributed by atoms with Crippen LogP contribution in [0.4, 0.5) is 10.1 Å². The molecule has 5 rings (SSSR count). The number of allylic oxidation sites excluding steroid dienone is 1. The smallest absolute Gasteiger partial charge is 0.379 e. The van der Waals surface area contributed by atoms with Gasteiger partial charge in [-0.25, -0.2) is 9.18 Å². The molecule has 1 aromatic carbocycles. The number of ether oxygens (including phenoxy) is 3. The van der Waals surface area contributed by atoms with E-state index in [1.54, 1.807) is 6.21 Å². The summed E-state index contributed by atoms with van der Waals surface area (Å²) >= 11 is 6.36. The van der Waals surface area contributed by atoms with Crippen molar-refractivity contribution >= 4 is 41.5 Å². The predicted molar refractivity (Wildman–Crippen MR) is 150 cm³/mol. The Morgan fingerprint density at radius 1 is 1.20 bits per heavy atom. The van der Waals surface area contributed by atoms with E-state index in [9.17, 15) is 14.0 Å². The largest absolute Gasteiger partial charge is 0.462 e. The zero-order valence-electron chi connectivity index (χ0n) is 22.8. The van der Waals surface area contributed by atoms with Gasteiger partial charge in [-0.2, -0.15) is 0 Å². The Labute approximate surface area is 239 Å². The monoisotopic (exact) mass is 575 g/mol. The number of halogens is 2. The van der Waals surface area contributed by atoms with Gasteiger partial charge in [-0.05, 0) is 62.3 Å². The number of amides is 2. The minimum atomic E-state index is -1.49. The van der Waals surface area contributed by atoms with Crippen LogP contribution in [0.5, 0.6) is 0 Å². The molecule has 3 heterocycles. The van der Waals surface area contributed by atoms with E-state index >= 15 is 0 Å². The van der Waals surface area contributed by atoms with E-state index in [1.165, 1.54) is 10.9 Å². The van der Waals surface area contributed by atoms with E-state index in [0.29, 0.717) is 38.4 Å². The number of aryl methyl sites for hydroxylation is 1. The van der Waals surface area contributed by atoms with Crippen LogP contribution in [0, 0.1) is 12.8 Å². The van der Waals surface area contributed by atoms with E-state index in [-0.39, 0.29) is 42.7 Å². The van der Waals surface area contributed by atoms with Crippen LogP contribution in [0.2, 0.25) is 0 Å². The van der Waals surface area contributed by atoms with E-state index in [1.807, 2.05) is 36.1 Å². The molecule has 216 valence electrons. The highest BCUT2D eigenvalue weighted by Crippen LogP contribution is 2.32. The minimum absolute atomic E-state index is 0.000192. The molecule has 0 unspecified atom stereocenters. The number of hydrazone groups is 1. The first-order valence-electron chi connectivity index (χ1n) is 14.0. The summed E-state index contributed by atoms with van der Waals surface area (Å²) < 4.78 is 32.6. The first kappa shape index (κ1) is 28.9. The van der Waals surface area contributed by atoms with Crippen molar-refractivity contribution in [2.45, 2.75) is 63.3 Å². The number of hydrogen-bond acceptors (Lipinski definition) is 7. The average molecular weight is 576 g/mol. The highest BCUT2D eigenvalue weighted by atomic mass is 35.5. The van der Waals surface area contributed by atoms with Gasteiger partial charge in [-0.3, -0.25) is 4.79 Å². The summed E-state index contributed by atoms with van der Waals surface area (Å²) in [5.41, 5.74) is 0.783. The van der Waals surface area contributed by atoms with Gasteiger partial charge in [-0.1, -0.05) is 29.3 Å². The molecule has 0 radical (unpaired) electrons. The van der Waals surface area contributed by atoms with Gasteiger partial charge in [0.2, 0.25) is 0 Å². The lowest BCUT2D eigenvalue weighted by atomic mass is 9.85. The normalized spacial score (nSPS) is 30.4. The fourth-order valence-corrected chi connectivity index (χ4v) is 5.81. The molecule has 40 heavy (non-hydrogen) atoms. The van der Waals surface area contributed by atoms with Crippen molar-refractivity contribution in [1.29, 1.82) is 0 Å². The van der Waals surface area contributed by atoms with Gasteiger partial charge in [-0.15, -0.1) is 0 Å². The number of benzene rings is 1. The summed E-state index contributed by atoms with van der Waals surface area (Å²) in [4.78, 5) is 28.4. The van der Waals surface area contributed by atoms with E-state index in [4.69, 9.17) is 25.8 Å². The number of alkyl halides is 1. The van der Waals surface area contributed by atoms with Crippen LogP contribution in [0.25, 0.3) is 0 Å².